The van der Waals surface area contributed by atoms with Gasteiger partial charge in [0, 0.05) is 35.6 Å². The van der Waals surface area contributed by atoms with Crippen molar-refractivity contribution in [2.45, 2.75) is 106 Å². The number of alkyl carbamates (subject to hydrolysis) is 1. The SMILES string of the molecule is C=C[C@@H]1C[C@]1(NC(=O)[C@@H]1C[C@@H]2CN1C(=O)[C@H](C(C)(C)C)NC(=O)OCCCCCc1cc(S(C)(=O)=O)c3ccnc(c3c1)O2)C(=O)NS(=O)(=O)C1CC1. The molecule has 0 unspecified atom stereocenters. The zero-order valence-electron chi connectivity index (χ0n) is 30.3. The smallest absolute Gasteiger partial charge is 0.407 e. The first-order chi connectivity index (χ1) is 24.8. The number of sulfonamides is 1. The summed E-state index contributed by atoms with van der Waals surface area (Å²) in [7, 11) is -7.59. The van der Waals surface area contributed by atoms with Crippen molar-refractivity contribution in [3.05, 3.63) is 42.6 Å². The molecule has 4 aliphatic rings. The van der Waals surface area contributed by atoms with Gasteiger partial charge in [-0.1, -0.05) is 26.8 Å². The van der Waals surface area contributed by atoms with Gasteiger partial charge in [-0.05, 0) is 74.1 Å². The van der Waals surface area contributed by atoms with Crippen molar-refractivity contribution in [2.75, 3.05) is 19.4 Å². The third kappa shape index (κ3) is 8.15. The number of nitrogens with one attached hydrogen (secondary N) is 3. The van der Waals surface area contributed by atoms with Crippen molar-refractivity contribution in [3.63, 3.8) is 0 Å². The number of nitrogens with zero attached hydrogens (tertiary/aromatic N) is 2. The molecule has 3 N–H and O–H groups in total. The fraction of sp³-hybridized carbons (Fsp3) is 0.583. The number of cyclic esters (lactones) is 1. The Labute approximate surface area is 309 Å². The molecule has 5 atom stereocenters. The minimum absolute atomic E-state index is 0.0631. The largest absolute Gasteiger partial charge is 0.472 e. The topological polar surface area (TPSA) is 207 Å². The van der Waals surface area contributed by atoms with Crippen LogP contribution in [0.4, 0.5) is 4.79 Å². The van der Waals surface area contributed by atoms with Crippen LogP contribution in [0, 0.1) is 11.3 Å². The molecule has 1 aromatic carbocycles. The normalized spacial score (nSPS) is 27.1. The van der Waals surface area contributed by atoms with Crippen LogP contribution in [0.2, 0.25) is 0 Å². The van der Waals surface area contributed by atoms with E-state index in [4.69, 9.17) is 9.47 Å². The number of sulfone groups is 1. The lowest BCUT2D eigenvalue weighted by molar-refractivity contribution is -0.142. The number of fused-ring (bicyclic) bond motifs is 3. The Kier molecular flexibility index (Phi) is 10.3. The van der Waals surface area contributed by atoms with Crippen LogP contribution in [0.5, 0.6) is 5.88 Å². The first-order valence-corrected chi connectivity index (χ1v) is 21.3. The summed E-state index contributed by atoms with van der Waals surface area (Å²) in [5.74, 6) is -2.63. The molecule has 53 heavy (non-hydrogen) atoms. The molecule has 0 spiro atoms. The van der Waals surface area contributed by atoms with E-state index >= 15 is 0 Å². The standard InChI is InChI=1S/C36H47N5O10S2/c1-6-22-19-36(22,33(44)40-53(48,49)24-11-12-24)39-30(42)27-18-23-20-41(27)32(43)29(35(2,3)4)38-34(45)50-15-9-7-8-10-21-16-26-25(13-14-37-31(26)51-23)28(17-21)52(5,46)47/h6,13-14,16-17,22-24,27,29H,1,7-12,15,18-20H2,2-5H3,(H,38,45)(H,39,42)(H,40,44)/t22-,23-,27+,29-,36-/m1/s1. The molecule has 4 bridgehead atoms. The molecule has 6 rings (SSSR count). The number of amides is 4. The van der Waals surface area contributed by atoms with Gasteiger partial charge in [-0.15, -0.1) is 6.58 Å². The van der Waals surface area contributed by atoms with E-state index in [0.29, 0.717) is 49.3 Å². The highest BCUT2D eigenvalue weighted by Crippen LogP contribution is 2.45. The molecule has 1 aromatic heterocycles. The van der Waals surface area contributed by atoms with Crippen molar-refractivity contribution in [2.24, 2.45) is 11.3 Å². The lowest BCUT2D eigenvalue weighted by atomic mass is 9.85. The van der Waals surface area contributed by atoms with Crippen LogP contribution in [0.25, 0.3) is 10.8 Å². The van der Waals surface area contributed by atoms with Crippen LogP contribution in [0.3, 0.4) is 0 Å². The quantitative estimate of drug-likeness (QED) is 0.349. The highest BCUT2D eigenvalue weighted by atomic mass is 32.2. The monoisotopic (exact) mass is 773 g/mol. The molecule has 15 nitrogen and oxygen atoms in total. The number of hydrogen-bond donors (Lipinski definition) is 3. The predicted molar refractivity (Wildman–Crippen MR) is 194 cm³/mol. The van der Waals surface area contributed by atoms with Gasteiger partial charge in [0.2, 0.25) is 27.7 Å². The molecule has 288 valence electrons. The number of ether oxygens (including phenoxy) is 2. The average Bonchev–Trinajstić information content (AvgIpc) is 4.00. The van der Waals surface area contributed by atoms with E-state index in [1.54, 1.807) is 32.9 Å². The van der Waals surface area contributed by atoms with Gasteiger partial charge in [-0.2, -0.15) is 0 Å². The minimum Gasteiger partial charge on any atom is -0.472 e. The first-order valence-electron chi connectivity index (χ1n) is 17.9. The van der Waals surface area contributed by atoms with Crippen LogP contribution in [-0.4, -0.2) is 98.9 Å². The lowest BCUT2D eigenvalue weighted by Crippen LogP contribution is -2.60. The molecule has 4 amide bonds. The number of rotatable bonds is 7. The zero-order chi connectivity index (χ0) is 38.5. The van der Waals surface area contributed by atoms with Crippen molar-refractivity contribution >= 4 is 54.4 Å². The summed E-state index contributed by atoms with van der Waals surface area (Å²) in [5.41, 5.74) is -1.69. The third-order valence-corrected chi connectivity index (χ3v) is 13.3. The Hall–Kier alpha value is -4.25. The molecule has 17 heteroatoms. The number of carbonyl (C=O) groups excluding carboxylic acids is 4. The highest BCUT2D eigenvalue weighted by Gasteiger charge is 2.62. The van der Waals surface area contributed by atoms with Gasteiger partial charge in [0.05, 0.1) is 23.3 Å². The van der Waals surface area contributed by atoms with E-state index in [2.05, 4.69) is 26.9 Å². The summed E-state index contributed by atoms with van der Waals surface area (Å²) in [5, 5.41) is 5.65. The van der Waals surface area contributed by atoms with Gasteiger partial charge in [0.1, 0.15) is 23.7 Å². The number of aromatic nitrogens is 1. The maximum atomic E-state index is 14.5. The first kappa shape index (κ1) is 38.5. The molecular formula is C36H47N5O10S2. The van der Waals surface area contributed by atoms with Crippen LogP contribution >= 0.6 is 0 Å². The fourth-order valence-corrected chi connectivity index (χ4v) is 9.43. The van der Waals surface area contributed by atoms with E-state index < -0.39 is 84.0 Å². The second-order valence-electron chi connectivity index (χ2n) is 15.6. The van der Waals surface area contributed by atoms with E-state index in [9.17, 15) is 36.0 Å². The molecule has 2 saturated carbocycles. The molecule has 2 aliphatic carbocycles. The van der Waals surface area contributed by atoms with Gasteiger partial charge in [-0.3, -0.25) is 19.1 Å². The molecule has 2 aliphatic heterocycles. The highest BCUT2D eigenvalue weighted by molar-refractivity contribution is 7.91. The molecule has 3 fully saturated rings. The number of hydrogen-bond acceptors (Lipinski definition) is 11. The number of aryl methyl sites for hydroxylation is 1. The zero-order valence-corrected chi connectivity index (χ0v) is 32.0. The predicted octanol–water partition coefficient (Wildman–Crippen LogP) is 2.52. The molecule has 0 radical (unpaired) electrons. The third-order valence-electron chi connectivity index (χ3n) is 10.4. The lowest BCUT2D eigenvalue weighted by Gasteiger charge is -2.35. The van der Waals surface area contributed by atoms with Gasteiger partial charge in [-0.25, -0.2) is 26.6 Å². The second-order valence-corrected chi connectivity index (χ2v) is 19.6. The van der Waals surface area contributed by atoms with Crippen LogP contribution in [0.15, 0.2) is 41.9 Å². The molecule has 3 heterocycles. The summed E-state index contributed by atoms with van der Waals surface area (Å²) >= 11 is 0. The number of pyridine rings is 1. The summed E-state index contributed by atoms with van der Waals surface area (Å²) in [4.78, 5) is 61.0. The van der Waals surface area contributed by atoms with Crippen LogP contribution in [-0.2, 0) is 45.4 Å². The average molecular weight is 774 g/mol. The van der Waals surface area contributed by atoms with Crippen molar-refractivity contribution in [3.8, 4) is 5.88 Å². The number of benzene rings is 1. The minimum atomic E-state index is -3.93. The molecule has 2 aromatic rings. The van der Waals surface area contributed by atoms with Gasteiger partial charge in [0.25, 0.3) is 5.91 Å². The summed E-state index contributed by atoms with van der Waals surface area (Å²) in [6, 6.07) is 2.72. The number of carbonyl (C=O) groups is 4. The van der Waals surface area contributed by atoms with Crippen molar-refractivity contribution in [1.29, 1.82) is 0 Å². The Morgan fingerprint density at radius 3 is 2.47 bits per heavy atom. The Morgan fingerprint density at radius 2 is 1.83 bits per heavy atom. The Balaban J connectivity index is 1.37. The summed E-state index contributed by atoms with van der Waals surface area (Å²) in [6.45, 7) is 8.99. The summed E-state index contributed by atoms with van der Waals surface area (Å²) < 4.78 is 65.2. The Morgan fingerprint density at radius 1 is 1.09 bits per heavy atom. The fourth-order valence-electron chi connectivity index (χ4n) is 7.13. The van der Waals surface area contributed by atoms with E-state index in [0.717, 1.165) is 11.8 Å². The molecular weight excluding hydrogens is 727 g/mol. The van der Waals surface area contributed by atoms with E-state index in [-0.39, 0.29) is 36.8 Å². The van der Waals surface area contributed by atoms with Crippen LogP contribution in [0.1, 0.15) is 71.3 Å². The molecule has 1 saturated heterocycles. The van der Waals surface area contributed by atoms with Gasteiger partial charge >= 0.3 is 6.09 Å². The van der Waals surface area contributed by atoms with Crippen LogP contribution < -0.4 is 20.1 Å². The van der Waals surface area contributed by atoms with E-state index in [1.807, 2.05) is 6.07 Å². The second kappa shape index (κ2) is 14.2. The maximum Gasteiger partial charge on any atom is 0.407 e. The van der Waals surface area contributed by atoms with Crippen molar-refractivity contribution in [1.82, 2.24) is 25.2 Å². The van der Waals surface area contributed by atoms with Crippen molar-refractivity contribution < 1.29 is 45.5 Å². The van der Waals surface area contributed by atoms with Gasteiger partial charge < -0.3 is 25.0 Å². The van der Waals surface area contributed by atoms with Gasteiger partial charge in [0.15, 0.2) is 9.84 Å². The Bertz CT molecular complexity index is 2060. The summed E-state index contributed by atoms with van der Waals surface area (Å²) in [6.07, 6.45) is 5.77. The van der Waals surface area contributed by atoms with E-state index in [1.165, 1.54) is 17.2 Å². The maximum absolute atomic E-state index is 14.5.